The predicted octanol–water partition coefficient (Wildman–Crippen LogP) is 1.14. The van der Waals surface area contributed by atoms with Gasteiger partial charge < -0.3 is 0 Å². The number of rotatable bonds is 4. The molecular weight excluding hydrogens is 287 g/mol. The summed E-state index contributed by atoms with van der Waals surface area (Å²) in [6.07, 6.45) is 0. The fourth-order valence-electron chi connectivity index (χ4n) is 2.05. The number of carbonyl (C=O) groups is 2. The van der Waals surface area contributed by atoms with E-state index in [1.165, 1.54) is 11.8 Å². The van der Waals surface area contributed by atoms with Crippen LogP contribution in [0.15, 0.2) is 30.3 Å². The van der Waals surface area contributed by atoms with Crippen molar-refractivity contribution < 1.29 is 21.9 Å². The summed E-state index contributed by atoms with van der Waals surface area (Å²) in [5.41, 5.74) is 0.531. The van der Waals surface area contributed by atoms with Crippen LogP contribution in [0.3, 0.4) is 0 Å². The Kier molecular flexibility index (Phi) is 3.76. The van der Waals surface area contributed by atoms with E-state index in [9.17, 15) is 21.9 Å². The van der Waals surface area contributed by atoms with Crippen LogP contribution in [0, 0.1) is 0 Å². The Bertz CT molecular complexity index is 632. The van der Waals surface area contributed by atoms with Gasteiger partial charge in [0.1, 0.15) is 6.04 Å². The maximum Gasteiger partial charge on any atom is 0.332 e. The van der Waals surface area contributed by atoms with Gasteiger partial charge in [-0.3, -0.25) is 14.6 Å². The molecule has 0 unspecified atom stereocenters. The van der Waals surface area contributed by atoms with E-state index in [1.54, 1.807) is 30.3 Å². The smallest absolute Gasteiger partial charge is 0.282 e. The van der Waals surface area contributed by atoms with Gasteiger partial charge in [-0.25, -0.2) is 4.79 Å². The second-order valence-electron chi connectivity index (χ2n) is 4.40. The Hall–Kier alpha value is -1.96. The molecule has 0 bridgehead atoms. The molecule has 0 N–H and O–H groups in total. The third-order valence-corrected chi connectivity index (χ3v) is 3.71. The van der Waals surface area contributed by atoms with Crippen LogP contribution in [-0.2, 0) is 15.0 Å². The number of nitrogens with zero attached hydrogens (tertiary/aromatic N) is 2. The van der Waals surface area contributed by atoms with E-state index in [4.69, 9.17) is 0 Å². The van der Waals surface area contributed by atoms with Crippen LogP contribution < -0.4 is 4.90 Å². The van der Waals surface area contributed by atoms with Crippen molar-refractivity contribution in [1.29, 1.82) is 0 Å². The van der Waals surface area contributed by atoms with Crippen molar-refractivity contribution in [3.8, 4) is 0 Å². The van der Waals surface area contributed by atoms with Crippen LogP contribution in [0.2, 0.25) is 0 Å². The molecule has 108 valence electrons. The third kappa shape index (κ3) is 2.79. The highest BCUT2D eigenvalue weighted by Crippen LogP contribution is 2.25. The molecule has 1 fully saturated rings. The van der Waals surface area contributed by atoms with Crippen molar-refractivity contribution in [2.24, 2.45) is 0 Å². The lowest BCUT2D eigenvalue weighted by Crippen LogP contribution is -2.36. The van der Waals surface area contributed by atoms with Gasteiger partial charge in [0.05, 0.1) is 5.75 Å². The zero-order chi connectivity index (χ0) is 14.9. The molecule has 1 atom stereocenters. The molecule has 8 heteroatoms. The predicted molar refractivity (Wildman–Crippen MR) is 70.4 cm³/mol. The second kappa shape index (κ2) is 5.20. The molecule has 0 radical (unpaired) electrons. The molecule has 1 heterocycles. The highest BCUT2D eigenvalue weighted by molar-refractivity contribution is 7.86. The Morgan fingerprint density at radius 1 is 1.20 bits per heavy atom. The molecule has 6 nitrogen and oxygen atoms in total. The Morgan fingerprint density at radius 3 is 2.35 bits per heavy atom. The SMILES string of the molecule is C[C@@H]1C(=O)N(CCS(=O)(=O)F)C(=O)N1c1ccccc1. The minimum atomic E-state index is -4.72. The summed E-state index contributed by atoms with van der Waals surface area (Å²) in [5, 5.41) is 0. The summed E-state index contributed by atoms with van der Waals surface area (Å²) >= 11 is 0. The Balaban J connectivity index is 2.22. The van der Waals surface area contributed by atoms with Gasteiger partial charge in [0.2, 0.25) is 0 Å². The molecule has 1 aliphatic rings. The summed E-state index contributed by atoms with van der Waals surface area (Å²) < 4.78 is 33.5. The van der Waals surface area contributed by atoms with Crippen molar-refractivity contribution in [2.45, 2.75) is 13.0 Å². The van der Waals surface area contributed by atoms with Crippen LogP contribution in [0.4, 0.5) is 14.4 Å². The lowest BCUT2D eigenvalue weighted by atomic mass is 10.2. The molecule has 0 spiro atoms. The van der Waals surface area contributed by atoms with E-state index in [1.807, 2.05) is 0 Å². The van der Waals surface area contributed by atoms with Crippen LogP contribution in [0.1, 0.15) is 6.92 Å². The van der Waals surface area contributed by atoms with Gasteiger partial charge in [-0.2, -0.15) is 8.42 Å². The number of amides is 3. The monoisotopic (exact) mass is 300 g/mol. The van der Waals surface area contributed by atoms with Crippen molar-refractivity contribution in [3.05, 3.63) is 30.3 Å². The van der Waals surface area contributed by atoms with Crippen LogP contribution >= 0.6 is 0 Å². The average molecular weight is 300 g/mol. The quantitative estimate of drug-likeness (QED) is 0.617. The highest BCUT2D eigenvalue weighted by Gasteiger charge is 2.43. The van der Waals surface area contributed by atoms with Gasteiger partial charge >= 0.3 is 16.3 Å². The number of para-hydroxylation sites is 1. The van der Waals surface area contributed by atoms with Crippen molar-refractivity contribution in [3.63, 3.8) is 0 Å². The molecular formula is C12H13FN2O4S. The summed E-state index contributed by atoms with van der Waals surface area (Å²) in [6.45, 7) is 1.06. The number of anilines is 1. The maximum atomic E-state index is 12.5. The molecule has 1 aromatic carbocycles. The lowest BCUT2D eigenvalue weighted by molar-refractivity contribution is -0.126. The number of urea groups is 1. The largest absolute Gasteiger partial charge is 0.332 e. The average Bonchev–Trinajstić information content (AvgIpc) is 2.59. The molecule has 20 heavy (non-hydrogen) atoms. The van der Waals surface area contributed by atoms with Gasteiger partial charge in [-0.15, -0.1) is 3.89 Å². The van der Waals surface area contributed by atoms with Gasteiger partial charge in [0, 0.05) is 12.2 Å². The van der Waals surface area contributed by atoms with E-state index < -0.39 is 40.5 Å². The molecule has 1 saturated heterocycles. The minimum Gasteiger partial charge on any atom is -0.282 e. The van der Waals surface area contributed by atoms with Gasteiger partial charge in [0.15, 0.2) is 0 Å². The molecule has 2 rings (SSSR count). The maximum absolute atomic E-state index is 12.5. The van der Waals surface area contributed by atoms with Gasteiger partial charge in [-0.05, 0) is 19.1 Å². The van der Waals surface area contributed by atoms with Gasteiger partial charge in [0.25, 0.3) is 5.91 Å². The van der Waals surface area contributed by atoms with E-state index >= 15 is 0 Å². The van der Waals surface area contributed by atoms with Crippen LogP contribution in [0.5, 0.6) is 0 Å². The summed E-state index contributed by atoms with van der Waals surface area (Å²) in [5.74, 6) is -1.43. The number of benzene rings is 1. The topological polar surface area (TPSA) is 74.8 Å². The standard InChI is InChI=1S/C12H13FN2O4S/c1-9-11(16)14(7-8-20(13,18)19)12(17)15(9)10-5-3-2-4-6-10/h2-6,9H,7-8H2,1H3/t9-/m1/s1. The van der Waals surface area contributed by atoms with E-state index in [2.05, 4.69) is 0 Å². The fraction of sp³-hybridized carbons (Fsp3) is 0.333. The molecule has 1 aromatic rings. The molecule has 0 aliphatic carbocycles. The first-order chi connectivity index (χ1) is 9.31. The lowest BCUT2D eigenvalue weighted by Gasteiger charge is -2.19. The molecule has 1 aliphatic heterocycles. The summed E-state index contributed by atoms with van der Waals surface area (Å²) in [4.78, 5) is 26.1. The molecule has 0 saturated carbocycles. The van der Waals surface area contributed by atoms with E-state index in [-0.39, 0.29) is 0 Å². The van der Waals surface area contributed by atoms with Crippen molar-refractivity contribution in [1.82, 2.24) is 4.90 Å². The zero-order valence-electron chi connectivity index (χ0n) is 10.7. The Labute approximate surface area is 116 Å². The van der Waals surface area contributed by atoms with Crippen LogP contribution in [0.25, 0.3) is 0 Å². The Morgan fingerprint density at radius 2 is 1.80 bits per heavy atom. The number of imide groups is 1. The van der Waals surface area contributed by atoms with Gasteiger partial charge in [-0.1, -0.05) is 18.2 Å². The first-order valence-electron chi connectivity index (χ1n) is 5.93. The number of halogens is 1. The zero-order valence-corrected chi connectivity index (χ0v) is 11.5. The van der Waals surface area contributed by atoms with Crippen molar-refractivity contribution in [2.75, 3.05) is 17.2 Å². The minimum absolute atomic E-state index is 0.482. The first kappa shape index (κ1) is 14.4. The highest BCUT2D eigenvalue weighted by atomic mass is 32.3. The molecule has 0 aromatic heterocycles. The summed E-state index contributed by atoms with van der Waals surface area (Å²) in [6, 6.07) is 7.14. The first-order valence-corrected chi connectivity index (χ1v) is 7.48. The second-order valence-corrected chi connectivity index (χ2v) is 5.88. The van der Waals surface area contributed by atoms with Crippen molar-refractivity contribution >= 4 is 27.8 Å². The summed E-state index contributed by atoms with van der Waals surface area (Å²) in [7, 11) is -4.72. The normalized spacial score (nSPS) is 19.8. The molecule has 3 amide bonds. The number of carbonyl (C=O) groups excluding carboxylic acids is 2. The number of hydrogen-bond acceptors (Lipinski definition) is 4. The van der Waals surface area contributed by atoms with Crippen LogP contribution in [-0.4, -0.2) is 43.6 Å². The number of hydrogen-bond donors (Lipinski definition) is 0. The fourth-order valence-corrected chi connectivity index (χ4v) is 2.46. The van der Waals surface area contributed by atoms with E-state index in [0.29, 0.717) is 5.69 Å². The third-order valence-electron chi connectivity index (χ3n) is 3.04. The van der Waals surface area contributed by atoms with E-state index in [0.717, 1.165) is 4.90 Å².